The molecule has 0 fully saturated rings. The Morgan fingerprint density at radius 1 is 0.974 bits per heavy atom. The molecule has 39 heavy (non-hydrogen) atoms. The van der Waals surface area contributed by atoms with E-state index >= 15 is 0 Å². The van der Waals surface area contributed by atoms with Crippen LogP contribution in [-0.2, 0) is 19.9 Å². The Kier molecular flexibility index (Phi) is 8.09. The second-order valence-electron chi connectivity index (χ2n) is 8.06. The number of nitriles is 1. The average molecular weight is 590 g/mol. The molecule has 0 aliphatic rings. The Balaban J connectivity index is 1.80. The second kappa shape index (κ2) is 11.3. The molecule has 2 aromatic carbocycles. The molecule has 12 nitrogen and oxygen atoms in total. The lowest BCUT2D eigenvalue weighted by Crippen LogP contribution is -2.16. The molecule has 0 saturated carbocycles. The first kappa shape index (κ1) is 27.9. The number of fused-ring (bicyclic) bond motifs is 1. The first-order chi connectivity index (χ1) is 18.5. The zero-order chi connectivity index (χ0) is 28.2. The summed E-state index contributed by atoms with van der Waals surface area (Å²) in [7, 11) is -4.57. The number of methoxy groups -OCH3 is 2. The van der Waals surface area contributed by atoms with Crippen LogP contribution in [0.25, 0.3) is 11.0 Å². The van der Waals surface area contributed by atoms with Crippen LogP contribution in [0.4, 0.5) is 17.3 Å². The van der Waals surface area contributed by atoms with E-state index in [9.17, 15) is 16.8 Å². The smallest absolute Gasteiger partial charge is 0.272 e. The highest BCUT2D eigenvalue weighted by molar-refractivity contribution is 7.94. The van der Waals surface area contributed by atoms with Crippen LogP contribution in [0, 0.1) is 11.3 Å². The van der Waals surface area contributed by atoms with Gasteiger partial charge in [-0.3, -0.25) is 4.72 Å². The summed E-state index contributed by atoms with van der Waals surface area (Å²) in [5.74, 6) is 0.436. The third-order valence-corrected chi connectivity index (χ3v) is 8.92. The highest BCUT2D eigenvalue weighted by atomic mass is 32.2. The van der Waals surface area contributed by atoms with Crippen LogP contribution >= 0.6 is 11.3 Å². The first-order valence-corrected chi connectivity index (χ1v) is 15.5. The van der Waals surface area contributed by atoms with Gasteiger partial charge in [0.2, 0.25) is 0 Å². The van der Waals surface area contributed by atoms with Gasteiger partial charge in [-0.25, -0.2) is 26.8 Å². The first-order valence-electron chi connectivity index (χ1n) is 11.2. The van der Waals surface area contributed by atoms with Crippen LogP contribution < -0.4 is 24.2 Å². The van der Waals surface area contributed by atoms with Crippen molar-refractivity contribution in [1.29, 1.82) is 5.26 Å². The third kappa shape index (κ3) is 6.66. The predicted octanol–water partition coefficient (Wildman–Crippen LogP) is 3.55. The molecule has 0 aliphatic carbocycles. The Morgan fingerprint density at radius 3 is 2.26 bits per heavy atom. The topological polar surface area (TPSA) is 170 Å². The number of thiophene rings is 1. The van der Waals surface area contributed by atoms with Crippen molar-refractivity contribution in [3.63, 3.8) is 0 Å². The third-order valence-electron chi connectivity index (χ3n) is 5.20. The van der Waals surface area contributed by atoms with Crippen molar-refractivity contribution in [3.8, 4) is 23.3 Å². The van der Waals surface area contributed by atoms with Crippen LogP contribution in [0.1, 0.15) is 4.88 Å². The Morgan fingerprint density at radius 2 is 1.67 bits per heavy atom. The standard InChI is InChI=1S/C24H23N5O7S3/c1-34-15-12-19(22(20(13-15)35-2)36-10-11-38(3,30)31)28-23-24(27-18-7-5-4-6-17(18)26-23)29-39(32,33)21-9-8-16(14-25)37-21/h4-9,12-13H,10-11H2,1-3H3,(H,26,28)(H,27,29). The normalized spacial score (nSPS) is 11.5. The van der Waals surface area contributed by atoms with Crippen LogP contribution in [0.2, 0.25) is 0 Å². The average Bonchev–Trinajstić information content (AvgIpc) is 3.39. The molecular weight excluding hydrogens is 566 g/mol. The van der Waals surface area contributed by atoms with Crippen molar-refractivity contribution < 1.29 is 31.0 Å². The van der Waals surface area contributed by atoms with Gasteiger partial charge in [0.15, 0.2) is 33.0 Å². The zero-order valence-electron chi connectivity index (χ0n) is 21.0. The molecule has 0 radical (unpaired) electrons. The predicted molar refractivity (Wildman–Crippen MR) is 147 cm³/mol. The number of nitrogens with zero attached hydrogens (tertiary/aromatic N) is 3. The second-order valence-corrected chi connectivity index (χ2v) is 13.3. The number of rotatable bonds is 11. The zero-order valence-corrected chi connectivity index (χ0v) is 23.4. The fourth-order valence-corrected chi connectivity index (χ4v) is 5.87. The van der Waals surface area contributed by atoms with E-state index < -0.39 is 19.9 Å². The number of nitrogens with one attached hydrogen (secondary N) is 2. The van der Waals surface area contributed by atoms with Crippen molar-refractivity contribution in [2.45, 2.75) is 4.21 Å². The van der Waals surface area contributed by atoms with E-state index in [1.807, 2.05) is 6.07 Å². The Labute approximate surface area is 229 Å². The monoisotopic (exact) mass is 589 g/mol. The number of benzene rings is 2. The van der Waals surface area contributed by atoms with Gasteiger partial charge in [0.05, 0.1) is 36.7 Å². The fourth-order valence-electron chi connectivity index (χ4n) is 3.37. The summed E-state index contributed by atoms with van der Waals surface area (Å²) in [4.78, 5) is 9.25. The Bertz CT molecular complexity index is 1780. The molecule has 0 amide bonds. The summed E-state index contributed by atoms with van der Waals surface area (Å²) in [5.41, 5.74) is 1.16. The van der Waals surface area contributed by atoms with Gasteiger partial charge in [-0.05, 0) is 24.3 Å². The minimum Gasteiger partial charge on any atom is -0.497 e. The number of sulfone groups is 1. The van der Waals surface area contributed by atoms with E-state index in [-0.39, 0.29) is 50.3 Å². The van der Waals surface area contributed by atoms with Gasteiger partial charge in [0.25, 0.3) is 10.0 Å². The summed E-state index contributed by atoms with van der Waals surface area (Å²) in [5, 5.41) is 12.1. The molecule has 15 heteroatoms. The lowest BCUT2D eigenvalue weighted by molar-refractivity contribution is 0.311. The van der Waals surface area contributed by atoms with E-state index in [1.54, 1.807) is 36.4 Å². The minimum atomic E-state index is -4.12. The lowest BCUT2D eigenvalue weighted by Gasteiger charge is -2.19. The van der Waals surface area contributed by atoms with Crippen LogP contribution in [0.5, 0.6) is 17.2 Å². The van der Waals surface area contributed by atoms with Gasteiger partial charge in [-0.2, -0.15) is 5.26 Å². The van der Waals surface area contributed by atoms with Crippen molar-refractivity contribution in [2.75, 3.05) is 42.9 Å². The van der Waals surface area contributed by atoms with E-state index in [0.29, 0.717) is 16.8 Å². The maximum absolute atomic E-state index is 13.1. The van der Waals surface area contributed by atoms with Crippen molar-refractivity contribution >= 4 is 59.6 Å². The van der Waals surface area contributed by atoms with E-state index in [0.717, 1.165) is 17.6 Å². The summed E-state index contributed by atoms with van der Waals surface area (Å²) in [6, 6.07) is 14.7. The highest BCUT2D eigenvalue weighted by Crippen LogP contribution is 2.42. The summed E-state index contributed by atoms with van der Waals surface area (Å²) in [6.07, 6.45) is 1.09. The number of para-hydroxylation sites is 2. The molecule has 2 N–H and O–H groups in total. The van der Waals surface area contributed by atoms with Gasteiger partial charge in [-0.1, -0.05) is 12.1 Å². The molecule has 0 bridgehead atoms. The molecule has 0 saturated heterocycles. The summed E-state index contributed by atoms with van der Waals surface area (Å²) in [6.45, 7) is -0.168. The SMILES string of the molecule is COc1cc(Nc2nc3ccccc3nc2NS(=O)(=O)c2ccc(C#N)s2)c(OCCS(C)(=O)=O)c(OC)c1. The van der Waals surface area contributed by atoms with Crippen LogP contribution in [0.15, 0.2) is 52.7 Å². The van der Waals surface area contributed by atoms with Gasteiger partial charge >= 0.3 is 0 Å². The van der Waals surface area contributed by atoms with Gasteiger partial charge in [-0.15, -0.1) is 11.3 Å². The van der Waals surface area contributed by atoms with Crippen molar-refractivity contribution in [1.82, 2.24) is 9.97 Å². The quantitative estimate of drug-likeness (QED) is 0.262. The molecule has 2 aromatic heterocycles. The van der Waals surface area contributed by atoms with Crippen molar-refractivity contribution in [2.24, 2.45) is 0 Å². The van der Waals surface area contributed by atoms with E-state index in [4.69, 9.17) is 19.5 Å². The molecule has 0 unspecified atom stereocenters. The summed E-state index contributed by atoms with van der Waals surface area (Å²) < 4.78 is 68.5. The highest BCUT2D eigenvalue weighted by Gasteiger charge is 2.23. The maximum Gasteiger partial charge on any atom is 0.272 e. The van der Waals surface area contributed by atoms with E-state index in [1.165, 1.54) is 26.4 Å². The fraction of sp³-hybridized carbons (Fsp3) is 0.208. The van der Waals surface area contributed by atoms with Gasteiger partial charge in [0, 0.05) is 18.4 Å². The van der Waals surface area contributed by atoms with Gasteiger partial charge in [0.1, 0.15) is 27.5 Å². The number of hydrogen-bond donors (Lipinski definition) is 2. The van der Waals surface area contributed by atoms with Crippen LogP contribution in [0.3, 0.4) is 0 Å². The number of ether oxygens (including phenoxy) is 3. The Hall–Kier alpha value is -4.13. The molecule has 4 rings (SSSR count). The molecule has 0 spiro atoms. The number of sulfonamides is 1. The molecule has 204 valence electrons. The maximum atomic E-state index is 13.1. The van der Waals surface area contributed by atoms with E-state index in [2.05, 4.69) is 20.0 Å². The van der Waals surface area contributed by atoms with Gasteiger partial charge < -0.3 is 19.5 Å². The largest absolute Gasteiger partial charge is 0.497 e. The molecule has 0 atom stereocenters. The van der Waals surface area contributed by atoms with Crippen LogP contribution in [-0.4, -0.2) is 59.6 Å². The molecule has 4 aromatic rings. The molecular formula is C24H23N5O7S3. The summed E-state index contributed by atoms with van der Waals surface area (Å²) >= 11 is 0.814. The number of aromatic nitrogens is 2. The number of anilines is 3. The molecule has 0 aliphatic heterocycles. The molecule has 2 heterocycles. The van der Waals surface area contributed by atoms with Crippen molar-refractivity contribution in [3.05, 3.63) is 53.4 Å². The lowest BCUT2D eigenvalue weighted by atomic mass is 10.2. The number of hydrogen-bond acceptors (Lipinski definition) is 12. The minimum absolute atomic E-state index is 0.0256.